The number of halogens is 1. The second-order valence-corrected chi connectivity index (χ2v) is 6.62. The van der Waals surface area contributed by atoms with Crippen LogP contribution < -0.4 is 4.90 Å². The van der Waals surface area contributed by atoms with Gasteiger partial charge in [-0.3, -0.25) is 4.99 Å². The van der Waals surface area contributed by atoms with Crippen LogP contribution in [0.15, 0.2) is 41.5 Å². The summed E-state index contributed by atoms with van der Waals surface area (Å²) in [5.74, 6) is 0. The lowest BCUT2D eigenvalue weighted by atomic mass is 9.99. The van der Waals surface area contributed by atoms with Gasteiger partial charge in [-0.1, -0.05) is 23.7 Å². The van der Waals surface area contributed by atoms with E-state index < -0.39 is 0 Å². The molecule has 1 aromatic heterocycles. The van der Waals surface area contributed by atoms with Crippen molar-refractivity contribution in [2.24, 2.45) is 4.99 Å². The largest absolute Gasteiger partial charge is 0.369 e. The maximum absolute atomic E-state index is 6.07. The Hall–Kier alpha value is -1.91. The number of rotatable bonds is 3. The van der Waals surface area contributed by atoms with Gasteiger partial charge in [-0.2, -0.15) is 0 Å². The van der Waals surface area contributed by atoms with Crippen molar-refractivity contribution in [3.8, 4) is 0 Å². The summed E-state index contributed by atoms with van der Waals surface area (Å²) in [7, 11) is 3.99. The molecule has 1 aliphatic rings. The molecule has 1 saturated heterocycles. The van der Waals surface area contributed by atoms with Gasteiger partial charge in [0, 0.05) is 56.2 Å². The topological polar surface area (TPSA) is 31.7 Å². The van der Waals surface area contributed by atoms with Crippen molar-refractivity contribution in [1.82, 2.24) is 9.88 Å². The summed E-state index contributed by atoms with van der Waals surface area (Å²) in [5.41, 5.74) is 5.42. The van der Waals surface area contributed by atoms with Crippen LogP contribution in [-0.2, 0) is 0 Å². The number of piperazine rings is 1. The fourth-order valence-electron chi connectivity index (χ4n) is 3.05. The summed E-state index contributed by atoms with van der Waals surface area (Å²) < 4.78 is 0. The first-order valence-corrected chi connectivity index (χ1v) is 8.59. The number of benzene rings is 1. The predicted octanol–water partition coefficient (Wildman–Crippen LogP) is 3.26. The van der Waals surface area contributed by atoms with Crippen LogP contribution in [0.2, 0.25) is 5.15 Å². The molecule has 4 nitrogen and oxygen atoms in total. The number of aliphatic imine (C=N–C) groups is 1. The van der Waals surface area contributed by atoms with Gasteiger partial charge in [-0.05, 0) is 37.7 Å². The van der Waals surface area contributed by atoms with Crippen LogP contribution in [-0.4, -0.2) is 55.9 Å². The smallest absolute Gasteiger partial charge is 0.129 e. The summed E-state index contributed by atoms with van der Waals surface area (Å²) in [6, 6.07) is 10.5. The lowest BCUT2D eigenvalue weighted by Crippen LogP contribution is -2.44. The van der Waals surface area contributed by atoms with Crippen LogP contribution in [0.4, 0.5) is 5.69 Å². The van der Waals surface area contributed by atoms with Gasteiger partial charge in [0.05, 0.1) is 5.71 Å². The molecule has 0 spiro atoms. The Labute approximate surface area is 148 Å². The van der Waals surface area contributed by atoms with Crippen LogP contribution >= 0.6 is 11.6 Å². The zero-order valence-electron chi connectivity index (χ0n) is 14.5. The normalized spacial score (nSPS) is 16.5. The summed E-state index contributed by atoms with van der Waals surface area (Å²) in [6.07, 6.45) is 1.79. The number of hydrogen-bond donors (Lipinski definition) is 0. The second-order valence-electron chi connectivity index (χ2n) is 6.23. The van der Waals surface area contributed by atoms with E-state index in [9.17, 15) is 0 Å². The molecule has 1 aliphatic heterocycles. The minimum atomic E-state index is 0.491. The third-order valence-corrected chi connectivity index (χ3v) is 4.76. The fourth-order valence-corrected chi connectivity index (χ4v) is 3.21. The van der Waals surface area contributed by atoms with E-state index in [1.54, 1.807) is 6.20 Å². The first-order chi connectivity index (χ1) is 11.6. The number of aromatic nitrogens is 1. The lowest BCUT2D eigenvalue weighted by molar-refractivity contribution is 0.313. The van der Waals surface area contributed by atoms with Gasteiger partial charge in [-0.15, -0.1) is 0 Å². The molecule has 126 valence electrons. The van der Waals surface area contributed by atoms with E-state index in [0.717, 1.165) is 48.6 Å². The SMILES string of the molecule is CN=C(c1ccc(N2CCN(C)CC2)cc1)c1cc(Cl)ncc1C. The third-order valence-electron chi connectivity index (χ3n) is 4.56. The Morgan fingerprint density at radius 2 is 1.79 bits per heavy atom. The zero-order valence-corrected chi connectivity index (χ0v) is 15.2. The maximum Gasteiger partial charge on any atom is 0.129 e. The standard InChI is InChI=1S/C19H23ClN4/c1-14-13-22-18(20)12-17(14)19(21-2)15-4-6-16(7-5-15)24-10-8-23(3)9-11-24/h4-7,12-13H,8-11H2,1-3H3. The fraction of sp³-hybridized carbons (Fsp3) is 0.368. The molecule has 0 aliphatic carbocycles. The molecule has 0 amide bonds. The van der Waals surface area contributed by atoms with Gasteiger partial charge in [0.15, 0.2) is 0 Å². The molecule has 0 atom stereocenters. The second kappa shape index (κ2) is 7.32. The van der Waals surface area contributed by atoms with Crippen LogP contribution in [0.5, 0.6) is 0 Å². The molecule has 5 heteroatoms. The van der Waals surface area contributed by atoms with Gasteiger partial charge >= 0.3 is 0 Å². The number of anilines is 1. The summed E-state index contributed by atoms with van der Waals surface area (Å²) in [4.78, 5) is 13.4. The number of pyridine rings is 1. The monoisotopic (exact) mass is 342 g/mol. The van der Waals surface area contributed by atoms with E-state index in [4.69, 9.17) is 11.6 Å². The van der Waals surface area contributed by atoms with Crippen molar-refractivity contribution in [1.29, 1.82) is 0 Å². The first kappa shape index (κ1) is 16.9. The van der Waals surface area contributed by atoms with E-state index >= 15 is 0 Å². The van der Waals surface area contributed by atoms with E-state index in [-0.39, 0.29) is 0 Å². The highest BCUT2D eigenvalue weighted by molar-refractivity contribution is 6.30. The van der Waals surface area contributed by atoms with Crippen LogP contribution in [0, 0.1) is 6.92 Å². The Balaban J connectivity index is 1.85. The molecular weight excluding hydrogens is 320 g/mol. The van der Waals surface area contributed by atoms with E-state index in [1.165, 1.54) is 5.69 Å². The maximum atomic E-state index is 6.07. The van der Waals surface area contributed by atoms with E-state index in [2.05, 4.69) is 51.1 Å². The highest BCUT2D eigenvalue weighted by atomic mass is 35.5. The highest BCUT2D eigenvalue weighted by Gasteiger charge is 2.15. The predicted molar refractivity (Wildman–Crippen MR) is 102 cm³/mol. The van der Waals surface area contributed by atoms with Gasteiger partial charge in [0.1, 0.15) is 5.15 Å². The van der Waals surface area contributed by atoms with Gasteiger partial charge < -0.3 is 9.80 Å². The van der Waals surface area contributed by atoms with Crippen molar-refractivity contribution >= 4 is 23.0 Å². The van der Waals surface area contributed by atoms with Crippen molar-refractivity contribution < 1.29 is 0 Å². The minimum absolute atomic E-state index is 0.491. The van der Waals surface area contributed by atoms with Crippen molar-refractivity contribution in [3.05, 3.63) is 58.4 Å². The summed E-state index contributed by atoms with van der Waals surface area (Å²) >= 11 is 6.07. The van der Waals surface area contributed by atoms with E-state index in [1.807, 2.05) is 20.0 Å². The molecule has 0 bridgehead atoms. The Kier molecular flexibility index (Phi) is 5.17. The molecular formula is C19H23ClN4. The quantitative estimate of drug-likeness (QED) is 0.634. The van der Waals surface area contributed by atoms with Crippen LogP contribution in [0.25, 0.3) is 0 Å². The molecule has 24 heavy (non-hydrogen) atoms. The lowest BCUT2D eigenvalue weighted by Gasteiger charge is -2.34. The van der Waals surface area contributed by atoms with Crippen molar-refractivity contribution in [3.63, 3.8) is 0 Å². The molecule has 0 radical (unpaired) electrons. The Morgan fingerprint density at radius 3 is 2.42 bits per heavy atom. The molecule has 0 N–H and O–H groups in total. The van der Waals surface area contributed by atoms with Crippen LogP contribution in [0.1, 0.15) is 16.7 Å². The van der Waals surface area contributed by atoms with Gasteiger partial charge in [0.25, 0.3) is 0 Å². The third kappa shape index (κ3) is 3.60. The molecule has 0 unspecified atom stereocenters. The average Bonchev–Trinajstić information content (AvgIpc) is 2.60. The number of nitrogens with zero attached hydrogens (tertiary/aromatic N) is 4. The van der Waals surface area contributed by atoms with E-state index in [0.29, 0.717) is 5.15 Å². The molecule has 2 aromatic rings. The summed E-state index contributed by atoms with van der Waals surface area (Å²) in [5, 5.41) is 0.491. The summed E-state index contributed by atoms with van der Waals surface area (Å²) in [6.45, 7) is 6.39. The minimum Gasteiger partial charge on any atom is -0.369 e. The first-order valence-electron chi connectivity index (χ1n) is 8.21. The molecule has 3 rings (SSSR count). The van der Waals surface area contributed by atoms with Gasteiger partial charge in [-0.25, -0.2) is 4.98 Å². The van der Waals surface area contributed by atoms with Crippen molar-refractivity contribution in [2.45, 2.75) is 6.92 Å². The van der Waals surface area contributed by atoms with Crippen LogP contribution in [0.3, 0.4) is 0 Å². The average molecular weight is 343 g/mol. The number of aryl methyl sites for hydroxylation is 1. The zero-order chi connectivity index (χ0) is 17.1. The molecule has 0 saturated carbocycles. The highest BCUT2D eigenvalue weighted by Crippen LogP contribution is 2.21. The van der Waals surface area contributed by atoms with Crippen molar-refractivity contribution in [2.75, 3.05) is 45.2 Å². The Morgan fingerprint density at radius 1 is 1.12 bits per heavy atom. The molecule has 1 aromatic carbocycles. The molecule has 1 fully saturated rings. The van der Waals surface area contributed by atoms with Gasteiger partial charge in [0.2, 0.25) is 0 Å². The Bertz CT molecular complexity index is 732. The number of hydrogen-bond acceptors (Lipinski definition) is 4. The molecule has 2 heterocycles. The number of likely N-dealkylation sites (N-methyl/N-ethyl adjacent to an activating group) is 1.